The van der Waals surface area contributed by atoms with E-state index in [-0.39, 0.29) is 11.5 Å². The minimum Gasteiger partial charge on any atom is -0.508 e. The summed E-state index contributed by atoms with van der Waals surface area (Å²) >= 11 is 0. The van der Waals surface area contributed by atoms with Crippen LogP contribution in [0.1, 0.15) is 64.5 Å². The lowest BCUT2D eigenvalue weighted by atomic mass is 10.0. The third-order valence-electron chi connectivity index (χ3n) is 4.21. The molecule has 138 valence electrons. The summed E-state index contributed by atoms with van der Waals surface area (Å²) < 4.78 is 0. The zero-order valence-corrected chi connectivity index (χ0v) is 16.2. The monoisotopic (exact) mass is 344 g/mol. The number of phenolic OH excluding ortho intramolecular Hbond substituents is 2. The molecule has 1 aromatic rings. The number of aromatic hydroxyl groups is 2. The van der Waals surface area contributed by atoms with Gasteiger partial charge in [0.15, 0.2) is 0 Å². The largest absolute Gasteiger partial charge is 0.508 e. The fourth-order valence-corrected chi connectivity index (χ4v) is 2.73. The number of hydrogen-bond donors (Lipinski definition) is 2. The molecule has 3 nitrogen and oxygen atoms in total. The van der Waals surface area contributed by atoms with Gasteiger partial charge in [-0.15, -0.1) is 0 Å². The zero-order valence-electron chi connectivity index (χ0n) is 16.2. The SMILES string of the molecule is C/C(=C\Cc1cc(O)c(C)cc1O)CC/C=C(\C)CC(=O)CC(C)C. The van der Waals surface area contributed by atoms with E-state index in [1.165, 1.54) is 5.57 Å². The maximum atomic E-state index is 11.8. The second kappa shape index (κ2) is 10.1. The molecular formula is C22H32O3. The highest BCUT2D eigenvalue weighted by Crippen LogP contribution is 2.27. The van der Waals surface area contributed by atoms with Crippen LogP contribution in [0.5, 0.6) is 11.5 Å². The molecule has 0 radical (unpaired) electrons. The Morgan fingerprint density at radius 3 is 2.40 bits per heavy atom. The summed E-state index contributed by atoms with van der Waals surface area (Å²) in [5.41, 5.74) is 3.78. The van der Waals surface area contributed by atoms with E-state index in [2.05, 4.69) is 32.9 Å². The van der Waals surface area contributed by atoms with Crippen LogP contribution in [-0.2, 0) is 11.2 Å². The number of allylic oxidation sites excluding steroid dienone is 4. The van der Waals surface area contributed by atoms with E-state index in [1.807, 2.05) is 6.92 Å². The molecule has 1 aromatic carbocycles. The van der Waals surface area contributed by atoms with Gasteiger partial charge in [-0.2, -0.15) is 0 Å². The smallest absolute Gasteiger partial charge is 0.137 e. The molecule has 0 unspecified atom stereocenters. The van der Waals surface area contributed by atoms with Gasteiger partial charge in [0.05, 0.1) is 0 Å². The summed E-state index contributed by atoms with van der Waals surface area (Å²) in [6.07, 6.45) is 7.86. The molecule has 0 aromatic heterocycles. The maximum absolute atomic E-state index is 11.8. The highest BCUT2D eigenvalue weighted by Gasteiger charge is 2.06. The van der Waals surface area contributed by atoms with Gasteiger partial charge in [-0.25, -0.2) is 0 Å². The van der Waals surface area contributed by atoms with E-state index in [0.29, 0.717) is 36.5 Å². The second-order valence-electron chi connectivity index (χ2n) is 7.42. The Morgan fingerprint density at radius 2 is 1.76 bits per heavy atom. The van der Waals surface area contributed by atoms with Crippen molar-refractivity contribution in [3.05, 3.63) is 46.6 Å². The number of aryl methyl sites for hydroxylation is 1. The number of ketones is 1. The first-order valence-electron chi connectivity index (χ1n) is 9.03. The van der Waals surface area contributed by atoms with Gasteiger partial charge >= 0.3 is 0 Å². The van der Waals surface area contributed by atoms with Crippen molar-refractivity contribution in [2.75, 3.05) is 0 Å². The first-order valence-corrected chi connectivity index (χ1v) is 9.03. The van der Waals surface area contributed by atoms with E-state index in [9.17, 15) is 15.0 Å². The Balaban J connectivity index is 2.50. The first kappa shape index (κ1) is 21.0. The normalized spacial score (nSPS) is 12.7. The van der Waals surface area contributed by atoms with Gasteiger partial charge in [-0.1, -0.05) is 37.1 Å². The van der Waals surface area contributed by atoms with E-state index < -0.39 is 0 Å². The highest BCUT2D eigenvalue weighted by atomic mass is 16.3. The van der Waals surface area contributed by atoms with Crippen LogP contribution in [0.2, 0.25) is 0 Å². The molecule has 0 fully saturated rings. The quantitative estimate of drug-likeness (QED) is 0.451. The summed E-state index contributed by atoms with van der Waals surface area (Å²) in [6.45, 7) is 9.98. The molecule has 0 saturated carbocycles. The Morgan fingerprint density at radius 1 is 1.08 bits per heavy atom. The van der Waals surface area contributed by atoms with Gasteiger partial charge < -0.3 is 10.2 Å². The Hall–Kier alpha value is -2.03. The lowest BCUT2D eigenvalue weighted by molar-refractivity contribution is -0.119. The van der Waals surface area contributed by atoms with Crippen LogP contribution in [-0.4, -0.2) is 16.0 Å². The van der Waals surface area contributed by atoms with Gasteiger partial charge in [0, 0.05) is 18.4 Å². The molecule has 25 heavy (non-hydrogen) atoms. The zero-order chi connectivity index (χ0) is 19.0. The molecule has 2 N–H and O–H groups in total. The number of carbonyl (C=O) groups is 1. The molecule has 0 atom stereocenters. The van der Waals surface area contributed by atoms with Crippen LogP contribution in [0, 0.1) is 12.8 Å². The summed E-state index contributed by atoms with van der Waals surface area (Å²) in [6, 6.07) is 3.22. The lowest BCUT2D eigenvalue weighted by Crippen LogP contribution is -2.02. The maximum Gasteiger partial charge on any atom is 0.137 e. The molecule has 0 aliphatic rings. The summed E-state index contributed by atoms with van der Waals surface area (Å²) in [5.74, 6) is 1.16. The highest BCUT2D eigenvalue weighted by molar-refractivity contribution is 5.80. The van der Waals surface area contributed by atoms with Crippen molar-refractivity contribution >= 4 is 5.78 Å². The average molecular weight is 344 g/mol. The number of carbonyl (C=O) groups excluding carboxylic acids is 1. The lowest BCUT2D eigenvalue weighted by Gasteiger charge is -2.07. The van der Waals surface area contributed by atoms with E-state index in [4.69, 9.17) is 0 Å². The van der Waals surface area contributed by atoms with Crippen molar-refractivity contribution in [2.45, 2.75) is 66.7 Å². The van der Waals surface area contributed by atoms with Crippen molar-refractivity contribution in [2.24, 2.45) is 5.92 Å². The van der Waals surface area contributed by atoms with Crippen LogP contribution >= 0.6 is 0 Å². The minimum absolute atomic E-state index is 0.212. The van der Waals surface area contributed by atoms with Crippen LogP contribution in [0.25, 0.3) is 0 Å². The molecule has 3 heteroatoms. The number of Topliss-reactive ketones (excluding diaryl/α,β-unsaturated/α-hetero) is 1. The molecule has 0 saturated heterocycles. The van der Waals surface area contributed by atoms with Crippen molar-refractivity contribution in [3.63, 3.8) is 0 Å². The Kier molecular flexibility index (Phi) is 8.47. The van der Waals surface area contributed by atoms with Gasteiger partial charge in [0.2, 0.25) is 0 Å². The van der Waals surface area contributed by atoms with Crippen molar-refractivity contribution in [1.29, 1.82) is 0 Å². The summed E-state index contributed by atoms with van der Waals surface area (Å²) in [5, 5.41) is 19.7. The molecule has 0 aliphatic carbocycles. The fourth-order valence-electron chi connectivity index (χ4n) is 2.73. The van der Waals surface area contributed by atoms with Gasteiger partial charge in [-0.3, -0.25) is 4.79 Å². The van der Waals surface area contributed by atoms with E-state index in [0.717, 1.165) is 24.0 Å². The standard InChI is InChI=1S/C22H32O3/c1-15(2)11-20(23)12-17(4)8-6-7-16(3)9-10-19-14-21(24)18(5)13-22(19)25/h8-9,13-15,24-25H,6-7,10-12H2,1-5H3/b16-9+,17-8+. The number of rotatable bonds is 9. The summed E-state index contributed by atoms with van der Waals surface area (Å²) in [4.78, 5) is 11.8. The van der Waals surface area contributed by atoms with Crippen LogP contribution in [0.3, 0.4) is 0 Å². The minimum atomic E-state index is 0.212. The van der Waals surface area contributed by atoms with Crippen LogP contribution in [0.15, 0.2) is 35.4 Å². The van der Waals surface area contributed by atoms with E-state index in [1.54, 1.807) is 19.1 Å². The van der Waals surface area contributed by atoms with Gasteiger partial charge in [0.25, 0.3) is 0 Å². The average Bonchev–Trinajstić information content (AvgIpc) is 2.48. The van der Waals surface area contributed by atoms with Gasteiger partial charge in [-0.05, 0) is 63.6 Å². The third kappa shape index (κ3) is 8.06. The molecule has 0 bridgehead atoms. The molecule has 0 amide bonds. The Bertz CT molecular complexity index is 651. The van der Waals surface area contributed by atoms with Crippen molar-refractivity contribution < 1.29 is 15.0 Å². The Labute approximate surface area is 152 Å². The predicted molar refractivity (Wildman–Crippen MR) is 104 cm³/mol. The fraction of sp³-hybridized carbons (Fsp3) is 0.500. The van der Waals surface area contributed by atoms with Crippen LogP contribution < -0.4 is 0 Å². The topological polar surface area (TPSA) is 57.5 Å². The molecular weight excluding hydrogens is 312 g/mol. The second-order valence-corrected chi connectivity index (χ2v) is 7.42. The van der Waals surface area contributed by atoms with Crippen molar-refractivity contribution in [1.82, 2.24) is 0 Å². The van der Waals surface area contributed by atoms with E-state index >= 15 is 0 Å². The number of hydrogen-bond acceptors (Lipinski definition) is 3. The predicted octanol–water partition coefficient (Wildman–Crippen LogP) is 5.63. The van der Waals surface area contributed by atoms with Gasteiger partial charge in [0.1, 0.15) is 17.3 Å². The third-order valence-corrected chi connectivity index (χ3v) is 4.21. The number of phenols is 2. The summed E-state index contributed by atoms with van der Waals surface area (Å²) in [7, 11) is 0. The van der Waals surface area contributed by atoms with Crippen LogP contribution in [0.4, 0.5) is 0 Å². The number of benzene rings is 1. The first-order chi connectivity index (χ1) is 11.7. The molecule has 0 heterocycles. The van der Waals surface area contributed by atoms with Crippen molar-refractivity contribution in [3.8, 4) is 11.5 Å². The molecule has 1 rings (SSSR count). The molecule has 0 aliphatic heterocycles. The molecule has 0 spiro atoms.